The fraction of sp³-hybridized carbons (Fsp3) is 0.405. The van der Waals surface area contributed by atoms with Crippen LogP contribution in [0.2, 0.25) is 5.02 Å². The van der Waals surface area contributed by atoms with Crippen LogP contribution in [0.15, 0.2) is 53.7 Å². The van der Waals surface area contributed by atoms with Crippen molar-refractivity contribution < 1.29 is 40.3 Å². The first-order chi connectivity index (χ1) is 24.9. The number of alkyl halides is 6. The Bertz CT molecular complexity index is 1970. The van der Waals surface area contributed by atoms with E-state index in [0.29, 0.717) is 11.9 Å². The summed E-state index contributed by atoms with van der Waals surface area (Å²) in [5.74, 6) is -0.640. The summed E-state index contributed by atoms with van der Waals surface area (Å²) in [4.78, 5) is 24.7. The Hall–Kier alpha value is -4.66. The molecule has 1 saturated carbocycles. The lowest BCUT2D eigenvalue weighted by Gasteiger charge is -2.24. The minimum atomic E-state index is -4.56. The highest BCUT2D eigenvalue weighted by atomic mass is 35.5. The van der Waals surface area contributed by atoms with Gasteiger partial charge in [0.15, 0.2) is 0 Å². The number of nitrogens with zero attached hydrogens (tertiary/aromatic N) is 6. The molecule has 1 aliphatic carbocycles. The maximum absolute atomic E-state index is 14.2. The number of carbonyl (C=O) groups excluding carboxylic acids is 1. The van der Waals surface area contributed by atoms with Crippen molar-refractivity contribution in [3.63, 3.8) is 0 Å². The molecule has 6 rings (SSSR count). The summed E-state index contributed by atoms with van der Waals surface area (Å²) >= 11 is 5.93. The highest BCUT2D eigenvalue weighted by Crippen LogP contribution is 2.36. The maximum atomic E-state index is 14.2. The third-order valence-electron chi connectivity index (χ3n) is 8.81. The van der Waals surface area contributed by atoms with Crippen molar-refractivity contribution in [3.05, 3.63) is 98.8 Å². The minimum Gasteiger partial charge on any atom is -0.457 e. The molecule has 4 aromatic rings. The van der Waals surface area contributed by atoms with Crippen LogP contribution in [0, 0.1) is 26.7 Å². The lowest BCUT2D eigenvalue weighted by molar-refractivity contribution is -0.138. The van der Waals surface area contributed by atoms with E-state index in [2.05, 4.69) is 20.0 Å². The largest absolute Gasteiger partial charge is 0.457 e. The third-order valence-corrected chi connectivity index (χ3v) is 9.14. The van der Waals surface area contributed by atoms with Gasteiger partial charge in [-0.3, -0.25) is 9.78 Å². The Morgan fingerprint density at radius 3 is 2.25 bits per heavy atom. The summed E-state index contributed by atoms with van der Waals surface area (Å²) in [6, 6.07) is 9.28. The molecule has 53 heavy (non-hydrogen) atoms. The molecule has 0 bridgehead atoms. The zero-order chi connectivity index (χ0) is 38.7. The van der Waals surface area contributed by atoms with Crippen LogP contribution in [-0.4, -0.2) is 55.9 Å². The first-order valence-electron chi connectivity index (χ1n) is 16.9. The predicted octanol–water partition coefficient (Wildman–Crippen LogP) is 10.00. The normalized spacial score (nSPS) is 15.0. The first kappa shape index (κ1) is 39.5. The summed E-state index contributed by atoms with van der Waals surface area (Å²) < 4.78 is 97.7. The standard InChI is InChI=1S/C21H23F3N2O.C16H15ClF4N4O/c1-15-12-20(27-18-8-6-7-17(13-18)21(22,23)24)16(2)11-19(15)25-14-26-9-4-3-5-10-26;1-8-13(14(18)24(2)23-8)15(26)25(10-3-4-10)7-12-11(17)5-9(6-22-12)16(19,20)21/h6-8,11-14H,3-5,9-10H2,1-2H3;5-6,10H,3-4,7H2,1-2H3. The number of likely N-dealkylation sites (tertiary alicyclic amines) is 1. The predicted molar refractivity (Wildman–Crippen MR) is 186 cm³/mol. The number of aryl methyl sites for hydroxylation is 4. The van der Waals surface area contributed by atoms with E-state index in [-0.39, 0.29) is 40.3 Å². The molecule has 0 spiro atoms. The van der Waals surface area contributed by atoms with Crippen LogP contribution >= 0.6 is 11.6 Å². The first-order valence-corrected chi connectivity index (χ1v) is 17.3. The molecule has 0 radical (unpaired) electrons. The zero-order valence-corrected chi connectivity index (χ0v) is 30.2. The van der Waals surface area contributed by atoms with Crippen LogP contribution in [0.4, 0.5) is 36.4 Å². The smallest absolute Gasteiger partial charge is 0.417 e. The van der Waals surface area contributed by atoms with E-state index in [1.165, 1.54) is 50.3 Å². The van der Waals surface area contributed by atoms with Crippen LogP contribution in [0.25, 0.3) is 0 Å². The van der Waals surface area contributed by atoms with Crippen LogP contribution < -0.4 is 4.74 Å². The SMILES string of the molecule is Cc1cc(Oc2cccc(C(F)(F)F)c2)c(C)cc1N=CN1CCCCC1.Cc1nn(C)c(F)c1C(=O)N(Cc1ncc(C(F)(F)F)cc1Cl)C1CC1. The van der Waals surface area contributed by atoms with Gasteiger partial charge in [0, 0.05) is 32.4 Å². The molecule has 2 fully saturated rings. The molecule has 284 valence electrons. The molecule has 0 unspecified atom stereocenters. The van der Waals surface area contributed by atoms with E-state index in [1.54, 1.807) is 0 Å². The fourth-order valence-corrected chi connectivity index (χ4v) is 5.96. The number of ether oxygens (including phenoxy) is 1. The average molecular weight is 767 g/mol. The summed E-state index contributed by atoms with van der Waals surface area (Å²) in [5.41, 5.74) is 1.10. The molecule has 0 N–H and O–H groups in total. The number of hydrogen-bond acceptors (Lipinski definition) is 5. The van der Waals surface area contributed by atoms with Crippen LogP contribution in [-0.2, 0) is 25.9 Å². The van der Waals surface area contributed by atoms with Crippen LogP contribution in [0.5, 0.6) is 11.5 Å². The quantitative estimate of drug-likeness (QED) is 0.101. The second-order valence-electron chi connectivity index (χ2n) is 13.1. The van der Waals surface area contributed by atoms with Crippen molar-refractivity contribution in [2.24, 2.45) is 12.0 Å². The Labute approximate surface area is 307 Å². The van der Waals surface area contributed by atoms with Gasteiger partial charge in [-0.2, -0.15) is 35.8 Å². The van der Waals surface area contributed by atoms with Gasteiger partial charge in [0.1, 0.15) is 17.1 Å². The Morgan fingerprint density at radius 1 is 0.981 bits per heavy atom. The number of carbonyl (C=O) groups is 1. The number of benzene rings is 2. The van der Waals surface area contributed by atoms with Gasteiger partial charge >= 0.3 is 12.4 Å². The molecule has 2 aliphatic rings. The van der Waals surface area contributed by atoms with Crippen molar-refractivity contribution in [2.75, 3.05) is 13.1 Å². The summed E-state index contributed by atoms with van der Waals surface area (Å²) in [6.07, 6.45) is -1.29. The molecule has 1 amide bonds. The van der Waals surface area contributed by atoms with Crippen molar-refractivity contribution in [1.29, 1.82) is 0 Å². The summed E-state index contributed by atoms with van der Waals surface area (Å²) in [7, 11) is 1.38. The second kappa shape index (κ2) is 16.1. The molecule has 1 aliphatic heterocycles. The fourth-order valence-electron chi connectivity index (χ4n) is 5.73. The highest BCUT2D eigenvalue weighted by Gasteiger charge is 2.37. The molecular weight excluding hydrogens is 729 g/mol. The van der Waals surface area contributed by atoms with Gasteiger partial charge in [0.2, 0.25) is 5.95 Å². The molecule has 3 heterocycles. The zero-order valence-electron chi connectivity index (χ0n) is 29.5. The van der Waals surface area contributed by atoms with E-state index in [4.69, 9.17) is 16.3 Å². The number of rotatable bonds is 8. The number of halogens is 8. The highest BCUT2D eigenvalue weighted by molar-refractivity contribution is 6.31. The van der Waals surface area contributed by atoms with Gasteiger partial charge in [-0.15, -0.1) is 0 Å². The lowest BCUT2D eigenvalue weighted by Crippen LogP contribution is -2.34. The third kappa shape index (κ3) is 10.1. The van der Waals surface area contributed by atoms with Gasteiger partial charge in [-0.25, -0.2) is 9.67 Å². The van der Waals surface area contributed by atoms with Gasteiger partial charge in [0.05, 0.1) is 46.1 Å². The lowest BCUT2D eigenvalue weighted by atomic mass is 10.1. The number of aliphatic imine (C=N–C) groups is 1. The van der Waals surface area contributed by atoms with E-state index >= 15 is 0 Å². The van der Waals surface area contributed by atoms with Crippen molar-refractivity contribution >= 4 is 29.5 Å². The van der Waals surface area contributed by atoms with Crippen molar-refractivity contribution in [2.45, 2.75) is 77.8 Å². The van der Waals surface area contributed by atoms with E-state index in [1.807, 2.05) is 32.3 Å². The number of pyridine rings is 1. The van der Waals surface area contributed by atoms with Crippen LogP contribution in [0.3, 0.4) is 0 Å². The molecule has 2 aromatic carbocycles. The Kier molecular flexibility index (Phi) is 12.0. The average Bonchev–Trinajstić information content (AvgIpc) is 3.90. The molecule has 16 heteroatoms. The van der Waals surface area contributed by atoms with E-state index < -0.39 is 35.3 Å². The Balaban J connectivity index is 0.000000204. The number of piperidine rings is 1. The Morgan fingerprint density at radius 2 is 1.66 bits per heavy atom. The molecule has 0 atom stereocenters. The molecule has 2 aromatic heterocycles. The summed E-state index contributed by atoms with van der Waals surface area (Å²) in [6.45, 7) is 7.25. The maximum Gasteiger partial charge on any atom is 0.417 e. The van der Waals surface area contributed by atoms with Crippen LogP contribution in [0.1, 0.15) is 76.1 Å². The van der Waals surface area contributed by atoms with E-state index in [9.17, 15) is 35.5 Å². The van der Waals surface area contributed by atoms with Crippen molar-refractivity contribution in [1.82, 2.24) is 24.6 Å². The van der Waals surface area contributed by atoms with Gasteiger partial charge in [0.25, 0.3) is 5.91 Å². The number of aromatic nitrogens is 3. The number of hydrogen-bond donors (Lipinski definition) is 0. The summed E-state index contributed by atoms with van der Waals surface area (Å²) in [5, 5.41) is 3.69. The minimum absolute atomic E-state index is 0.103. The van der Waals surface area contributed by atoms with Gasteiger partial charge < -0.3 is 14.5 Å². The second-order valence-corrected chi connectivity index (χ2v) is 13.5. The monoisotopic (exact) mass is 766 g/mol. The van der Waals surface area contributed by atoms with E-state index in [0.717, 1.165) is 65.6 Å². The topological polar surface area (TPSA) is 75.8 Å². The van der Waals surface area contributed by atoms with Gasteiger partial charge in [-0.05, 0) is 100 Å². The molecule has 8 nitrogen and oxygen atoms in total. The number of amides is 1. The van der Waals surface area contributed by atoms with Gasteiger partial charge in [-0.1, -0.05) is 17.7 Å². The van der Waals surface area contributed by atoms with Crippen molar-refractivity contribution in [3.8, 4) is 11.5 Å². The molecule has 1 saturated heterocycles. The molecular formula is C37H38ClF7N6O2.